The Morgan fingerprint density at radius 1 is 1.03 bits per heavy atom. The normalized spacial score (nSPS) is 23.6. The Labute approximate surface area is 229 Å². The average Bonchev–Trinajstić information content (AvgIpc) is 3.41. The smallest absolute Gasteiger partial charge is 0.309 e. The van der Waals surface area contributed by atoms with E-state index in [-0.39, 0.29) is 49.3 Å². The highest BCUT2D eigenvalue weighted by molar-refractivity contribution is 5.86. The lowest BCUT2D eigenvalue weighted by Crippen LogP contribution is -2.45. The average molecular weight is 537 g/mol. The van der Waals surface area contributed by atoms with Crippen molar-refractivity contribution in [2.75, 3.05) is 19.8 Å². The molecule has 2 amide bonds. The molecule has 2 aromatic rings. The lowest BCUT2D eigenvalue weighted by atomic mass is 9.94. The first-order valence-electron chi connectivity index (χ1n) is 13.7. The highest BCUT2D eigenvalue weighted by atomic mass is 19.1. The zero-order valence-corrected chi connectivity index (χ0v) is 22.1. The topological polar surface area (TPSA) is 95.9 Å². The standard InChI is InChI=1S/C31H37FN2O5/c32-26-14-12-23(13-15-26)17-25-10-5-4-9-24(30(37)34-16-6-11-28(34)21-39-31(25)38)19-29(36)33-27(20-35)18-22-7-2-1-3-8-22/h1-5,7-8,12-15,24-25,27-28,35H,6,9-11,16-21H2,(H,33,36)/b5-4-/t24-,25-,27+,28+/m1/s1. The number of cyclic esters (lactones) is 1. The van der Waals surface area contributed by atoms with E-state index in [2.05, 4.69) is 5.32 Å². The van der Waals surface area contributed by atoms with Crippen LogP contribution in [0.1, 0.15) is 43.2 Å². The highest BCUT2D eigenvalue weighted by Gasteiger charge is 2.35. The van der Waals surface area contributed by atoms with E-state index in [9.17, 15) is 23.9 Å². The predicted molar refractivity (Wildman–Crippen MR) is 145 cm³/mol. The fraction of sp³-hybridized carbons (Fsp3) is 0.452. The van der Waals surface area contributed by atoms with Crippen LogP contribution in [0.25, 0.3) is 0 Å². The Hall–Kier alpha value is -3.52. The molecule has 4 rings (SSSR count). The molecule has 0 spiro atoms. The molecular weight excluding hydrogens is 499 g/mol. The maximum absolute atomic E-state index is 13.5. The van der Waals surface area contributed by atoms with Crippen molar-refractivity contribution < 1.29 is 28.6 Å². The van der Waals surface area contributed by atoms with E-state index in [0.29, 0.717) is 32.2 Å². The lowest BCUT2D eigenvalue weighted by molar-refractivity contribution is -0.152. The van der Waals surface area contributed by atoms with Gasteiger partial charge < -0.3 is 20.1 Å². The number of hydrogen-bond donors (Lipinski definition) is 2. The minimum atomic E-state index is -0.552. The second kappa shape index (κ2) is 14.0. The number of carbonyl (C=O) groups is 3. The van der Waals surface area contributed by atoms with Gasteiger partial charge in [0.05, 0.1) is 30.5 Å². The van der Waals surface area contributed by atoms with Gasteiger partial charge in [-0.25, -0.2) is 4.39 Å². The Balaban J connectivity index is 1.44. The summed E-state index contributed by atoms with van der Waals surface area (Å²) in [5.41, 5.74) is 1.85. The maximum atomic E-state index is 13.5. The number of nitrogens with zero attached hydrogens (tertiary/aromatic N) is 1. The van der Waals surface area contributed by atoms with Crippen LogP contribution in [0.3, 0.4) is 0 Å². The number of hydrogen-bond acceptors (Lipinski definition) is 5. The predicted octanol–water partition coefficient (Wildman–Crippen LogP) is 3.59. The van der Waals surface area contributed by atoms with Crippen LogP contribution >= 0.6 is 0 Å². The van der Waals surface area contributed by atoms with Crippen LogP contribution < -0.4 is 5.32 Å². The minimum absolute atomic E-state index is 0.0104. The summed E-state index contributed by atoms with van der Waals surface area (Å²) >= 11 is 0. The van der Waals surface area contributed by atoms with Gasteiger partial charge in [-0.15, -0.1) is 0 Å². The zero-order valence-electron chi connectivity index (χ0n) is 22.1. The largest absolute Gasteiger partial charge is 0.463 e. The summed E-state index contributed by atoms with van der Waals surface area (Å²) in [5, 5.41) is 12.7. The van der Waals surface area contributed by atoms with Gasteiger partial charge in [0.1, 0.15) is 12.4 Å². The number of fused-ring (bicyclic) bond motifs is 1. The quantitative estimate of drug-likeness (QED) is 0.397. The van der Waals surface area contributed by atoms with E-state index < -0.39 is 17.9 Å². The first kappa shape index (κ1) is 28.5. The summed E-state index contributed by atoms with van der Waals surface area (Å²) < 4.78 is 19.0. The third-order valence-corrected chi connectivity index (χ3v) is 7.51. The first-order valence-corrected chi connectivity index (χ1v) is 13.7. The molecule has 39 heavy (non-hydrogen) atoms. The Morgan fingerprint density at radius 2 is 1.74 bits per heavy atom. The highest BCUT2D eigenvalue weighted by Crippen LogP contribution is 2.25. The summed E-state index contributed by atoms with van der Waals surface area (Å²) in [6, 6.07) is 15.1. The van der Waals surface area contributed by atoms with Crippen LogP contribution in [0.4, 0.5) is 4.39 Å². The summed E-state index contributed by atoms with van der Waals surface area (Å²) in [6.45, 7) is 0.486. The number of amides is 2. The zero-order chi connectivity index (χ0) is 27.6. The van der Waals surface area contributed by atoms with Crippen LogP contribution in [0.2, 0.25) is 0 Å². The number of halogens is 1. The van der Waals surface area contributed by atoms with Crippen molar-refractivity contribution in [3.63, 3.8) is 0 Å². The third-order valence-electron chi connectivity index (χ3n) is 7.51. The van der Waals surface area contributed by atoms with Gasteiger partial charge in [-0.2, -0.15) is 0 Å². The number of rotatable bonds is 8. The molecular formula is C31H37FN2O5. The molecule has 1 fully saturated rings. The van der Waals surface area contributed by atoms with Gasteiger partial charge >= 0.3 is 5.97 Å². The number of esters is 1. The molecule has 0 unspecified atom stereocenters. The van der Waals surface area contributed by atoms with Crippen LogP contribution in [-0.2, 0) is 32.0 Å². The molecule has 2 N–H and O–H groups in total. The molecule has 0 aliphatic carbocycles. The molecule has 0 bridgehead atoms. The maximum Gasteiger partial charge on any atom is 0.309 e. The molecule has 208 valence electrons. The van der Waals surface area contributed by atoms with E-state index in [1.165, 1.54) is 12.1 Å². The lowest BCUT2D eigenvalue weighted by Gasteiger charge is -2.29. The van der Waals surface area contributed by atoms with Gasteiger partial charge in [0, 0.05) is 13.0 Å². The summed E-state index contributed by atoms with van der Waals surface area (Å²) in [7, 11) is 0. The van der Waals surface area contributed by atoms with Gasteiger partial charge in [-0.3, -0.25) is 14.4 Å². The van der Waals surface area contributed by atoms with E-state index >= 15 is 0 Å². The van der Waals surface area contributed by atoms with Crippen molar-refractivity contribution in [3.8, 4) is 0 Å². The molecule has 7 nitrogen and oxygen atoms in total. The number of aliphatic hydroxyl groups is 1. The van der Waals surface area contributed by atoms with Crippen LogP contribution in [-0.4, -0.2) is 59.6 Å². The van der Waals surface area contributed by atoms with Gasteiger partial charge in [0.15, 0.2) is 0 Å². The molecule has 0 aromatic heterocycles. The number of carbonyl (C=O) groups excluding carboxylic acids is 3. The van der Waals surface area contributed by atoms with Gasteiger partial charge in [0.25, 0.3) is 0 Å². The van der Waals surface area contributed by atoms with Crippen molar-refractivity contribution in [2.24, 2.45) is 11.8 Å². The molecule has 2 aromatic carbocycles. The van der Waals surface area contributed by atoms with Crippen molar-refractivity contribution in [3.05, 3.63) is 83.7 Å². The van der Waals surface area contributed by atoms with E-state index in [4.69, 9.17) is 4.74 Å². The minimum Gasteiger partial charge on any atom is -0.463 e. The third kappa shape index (κ3) is 8.23. The second-order valence-electron chi connectivity index (χ2n) is 10.5. The van der Waals surface area contributed by atoms with E-state index in [1.807, 2.05) is 42.5 Å². The molecule has 4 atom stereocenters. The molecule has 2 aliphatic rings. The fourth-order valence-electron chi connectivity index (χ4n) is 5.36. The van der Waals surface area contributed by atoms with Crippen LogP contribution in [0.5, 0.6) is 0 Å². The van der Waals surface area contributed by atoms with E-state index in [1.54, 1.807) is 17.0 Å². The summed E-state index contributed by atoms with van der Waals surface area (Å²) in [4.78, 5) is 41.2. The number of ether oxygens (including phenoxy) is 1. The summed E-state index contributed by atoms with van der Waals surface area (Å²) in [6.07, 6.45) is 6.99. The molecule has 8 heteroatoms. The van der Waals surface area contributed by atoms with Gasteiger partial charge in [0.2, 0.25) is 11.8 Å². The Morgan fingerprint density at radius 3 is 2.46 bits per heavy atom. The number of nitrogens with one attached hydrogen (secondary N) is 1. The van der Waals surface area contributed by atoms with Crippen LogP contribution in [0, 0.1) is 17.7 Å². The number of aliphatic hydroxyl groups excluding tert-OH is 1. The molecule has 1 saturated heterocycles. The summed E-state index contributed by atoms with van der Waals surface area (Å²) in [5.74, 6) is -2.02. The fourth-order valence-corrected chi connectivity index (χ4v) is 5.36. The van der Waals surface area contributed by atoms with Gasteiger partial charge in [-0.05, 0) is 61.8 Å². The van der Waals surface area contributed by atoms with Crippen molar-refractivity contribution in [1.29, 1.82) is 0 Å². The monoisotopic (exact) mass is 536 g/mol. The SMILES string of the molecule is O=C(C[C@H]1C/C=C\C[C@H](Cc2ccc(F)cc2)C(=O)OC[C@@H]2CCCN2C1=O)N[C@H](CO)Cc1ccccc1. The Kier molecular flexibility index (Phi) is 10.3. The Bertz CT molecular complexity index is 1140. The molecule has 2 heterocycles. The van der Waals surface area contributed by atoms with Gasteiger partial charge in [-0.1, -0.05) is 54.6 Å². The number of allylic oxidation sites excluding steroid dienone is 2. The van der Waals surface area contributed by atoms with Crippen molar-refractivity contribution >= 4 is 17.8 Å². The molecule has 2 aliphatic heterocycles. The molecule has 0 radical (unpaired) electrons. The molecule has 0 saturated carbocycles. The second-order valence-corrected chi connectivity index (χ2v) is 10.5. The number of benzene rings is 2. The van der Waals surface area contributed by atoms with Crippen molar-refractivity contribution in [1.82, 2.24) is 10.2 Å². The van der Waals surface area contributed by atoms with Crippen molar-refractivity contribution in [2.45, 2.75) is 57.0 Å². The first-order chi connectivity index (χ1) is 18.9. The van der Waals surface area contributed by atoms with Crippen LogP contribution in [0.15, 0.2) is 66.7 Å². The van der Waals surface area contributed by atoms with E-state index in [0.717, 1.165) is 24.0 Å².